The van der Waals surface area contributed by atoms with Crippen LogP contribution < -0.4 is 14.2 Å². The fraction of sp³-hybridized carbons (Fsp3) is 0.316. The van der Waals surface area contributed by atoms with E-state index in [1.165, 1.54) is 12.1 Å². The Balaban J connectivity index is 1.58. The fourth-order valence-electron chi connectivity index (χ4n) is 3.69. The van der Waals surface area contributed by atoms with Crippen molar-refractivity contribution in [1.82, 2.24) is 4.72 Å². The minimum atomic E-state index is -4.07. The lowest BCUT2D eigenvalue weighted by atomic mass is 9.97. The zero-order chi connectivity index (χ0) is 19.9. The van der Waals surface area contributed by atoms with Crippen LogP contribution in [0.4, 0.5) is 0 Å². The molecule has 2 N–H and O–H groups in total. The maximum atomic E-state index is 12.6. The van der Waals surface area contributed by atoms with Gasteiger partial charge in [0.1, 0.15) is 6.10 Å². The Labute approximate surface area is 176 Å². The number of halogens is 1. The highest BCUT2D eigenvalue weighted by Gasteiger charge is 2.40. The molecule has 4 rings (SSSR count). The lowest BCUT2D eigenvalue weighted by Gasteiger charge is -2.18. The number of rotatable bonds is 6. The number of ether oxygens (including phenoxy) is 2. The number of carbonyl (C=O) groups is 1. The van der Waals surface area contributed by atoms with Crippen molar-refractivity contribution in [1.29, 1.82) is 0 Å². The molecule has 28 heavy (non-hydrogen) atoms. The van der Waals surface area contributed by atoms with Crippen LogP contribution in [0.5, 0.6) is 11.5 Å². The Hall–Kier alpha value is -1.85. The second-order valence-corrected chi connectivity index (χ2v) is 9.74. The molecule has 2 aromatic rings. The van der Waals surface area contributed by atoms with Gasteiger partial charge in [-0.1, -0.05) is 12.1 Å². The molecule has 1 heterocycles. The van der Waals surface area contributed by atoms with Crippen molar-refractivity contribution in [3.05, 3.63) is 51.6 Å². The van der Waals surface area contributed by atoms with E-state index in [2.05, 4.69) is 27.3 Å². The van der Waals surface area contributed by atoms with Crippen LogP contribution in [0.2, 0.25) is 0 Å². The van der Waals surface area contributed by atoms with Gasteiger partial charge in [-0.2, -0.15) is 4.72 Å². The van der Waals surface area contributed by atoms with Gasteiger partial charge in [-0.05, 0) is 72.2 Å². The molecular formula is C19H18INO6S. The third kappa shape index (κ3) is 3.70. The highest BCUT2D eigenvalue weighted by molar-refractivity contribution is 14.1. The number of hydrogen-bond donors (Lipinski definition) is 2. The number of aliphatic carboxylic acids is 1. The largest absolute Gasteiger partial charge is 0.486 e. The van der Waals surface area contributed by atoms with Gasteiger partial charge >= 0.3 is 5.97 Å². The molecule has 9 heteroatoms. The average Bonchev–Trinajstić information content (AvgIpc) is 3.23. The van der Waals surface area contributed by atoms with E-state index < -0.39 is 22.2 Å². The molecule has 2 aromatic carbocycles. The van der Waals surface area contributed by atoms with Crippen LogP contribution in [-0.4, -0.2) is 31.8 Å². The first-order valence-electron chi connectivity index (χ1n) is 8.82. The molecule has 3 atom stereocenters. The van der Waals surface area contributed by atoms with Crippen molar-refractivity contribution in [3.8, 4) is 11.5 Å². The maximum Gasteiger partial charge on any atom is 0.361 e. The number of sulfonamides is 1. The maximum absolute atomic E-state index is 12.6. The molecule has 1 aliphatic carbocycles. The summed E-state index contributed by atoms with van der Waals surface area (Å²) in [6.07, 6.45) is 1.35. The van der Waals surface area contributed by atoms with Crippen molar-refractivity contribution in [3.63, 3.8) is 0 Å². The van der Waals surface area contributed by atoms with Gasteiger partial charge in [0, 0.05) is 15.1 Å². The zero-order valence-electron chi connectivity index (χ0n) is 14.7. The van der Waals surface area contributed by atoms with Gasteiger partial charge in [0.2, 0.25) is 10.0 Å². The zero-order valence-corrected chi connectivity index (χ0v) is 17.6. The summed E-state index contributed by atoms with van der Waals surface area (Å²) in [5, 5.41) is 9.50. The molecule has 0 radical (unpaired) electrons. The number of fused-ring (bicyclic) bond motifs is 3. The van der Waals surface area contributed by atoms with Crippen LogP contribution in [0.3, 0.4) is 0 Å². The van der Waals surface area contributed by atoms with Crippen LogP contribution in [0.25, 0.3) is 0 Å². The fourth-order valence-corrected chi connectivity index (χ4v) is 5.11. The lowest BCUT2D eigenvalue weighted by Crippen LogP contribution is -2.44. The molecule has 0 saturated heterocycles. The molecule has 1 aliphatic heterocycles. The molecule has 7 nitrogen and oxygen atoms in total. The monoisotopic (exact) mass is 515 g/mol. The van der Waals surface area contributed by atoms with Crippen molar-refractivity contribution in [2.75, 3.05) is 0 Å². The Morgan fingerprint density at radius 2 is 1.96 bits per heavy atom. The summed E-state index contributed by atoms with van der Waals surface area (Å²) in [5.74, 6) is -0.420. The van der Waals surface area contributed by atoms with E-state index in [0.717, 1.165) is 28.4 Å². The summed E-state index contributed by atoms with van der Waals surface area (Å²) in [4.78, 5) is 11.6. The molecule has 148 valence electrons. The van der Waals surface area contributed by atoms with Crippen LogP contribution >= 0.6 is 22.6 Å². The SMILES string of the molecule is O=C(O)C(NS(=O)(=O)c1ccc(I)cc1)Oc1cccc2c1OC1CCCC21. The molecule has 1 saturated carbocycles. The van der Waals surface area contributed by atoms with Crippen LogP contribution in [0.1, 0.15) is 30.7 Å². The van der Waals surface area contributed by atoms with E-state index in [9.17, 15) is 18.3 Å². The van der Waals surface area contributed by atoms with E-state index >= 15 is 0 Å². The predicted molar refractivity (Wildman–Crippen MR) is 109 cm³/mol. The third-order valence-corrected chi connectivity index (χ3v) is 7.12. The summed E-state index contributed by atoms with van der Waals surface area (Å²) in [7, 11) is -4.07. The number of benzene rings is 2. The topological polar surface area (TPSA) is 102 Å². The first kappa shape index (κ1) is 19.5. The summed E-state index contributed by atoms with van der Waals surface area (Å²) < 4.78 is 39.6. The Kier molecular flexibility index (Phi) is 5.23. The average molecular weight is 515 g/mol. The van der Waals surface area contributed by atoms with Gasteiger partial charge in [-0.25, -0.2) is 13.2 Å². The van der Waals surface area contributed by atoms with Gasteiger partial charge in [-0.15, -0.1) is 0 Å². The highest BCUT2D eigenvalue weighted by Crippen LogP contribution is 2.50. The molecule has 1 fully saturated rings. The normalized spacial score (nSPS) is 21.5. The van der Waals surface area contributed by atoms with Crippen LogP contribution in [0, 0.1) is 3.57 Å². The van der Waals surface area contributed by atoms with Crippen LogP contribution in [-0.2, 0) is 14.8 Å². The molecule has 2 aliphatic rings. The highest BCUT2D eigenvalue weighted by atomic mass is 127. The molecule has 0 bridgehead atoms. The first-order chi connectivity index (χ1) is 13.3. The Morgan fingerprint density at radius 1 is 1.21 bits per heavy atom. The van der Waals surface area contributed by atoms with Crippen molar-refractivity contribution in [2.24, 2.45) is 0 Å². The molecule has 0 amide bonds. The number of hydrogen-bond acceptors (Lipinski definition) is 5. The van der Waals surface area contributed by atoms with E-state index in [0.29, 0.717) is 5.75 Å². The number of carboxylic acid groups (broad SMARTS) is 1. The van der Waals surface area contributed by atoms with Crippen molar-refractivity contribution >= 4 is 38.6 Å². The van der Waals surface area contributed by atoms with E-state index in [4.69, 9.17) is 9.47 Å². The van der Waals surface area contributed by atoms with Gasteiger partial charge in [0.25, 0.3) is 6.23 Å². The van der Waals surface area contributed by atoms with E-state index in [1.54, 1.807) is 24.3 Å². The number of para-hydroxylation sites is 1. The molecular weight excluding hydrogens is 497 g/mol. The summed E-state index contributed by atoms with van der Waals surface area (Å²) >= 11 is 2.06. The minimum Gasteiger partial charge on any atom is -0.486 e. The van der Waals surface area contributed by atoms with Gasteiger partial charge in [0.05, 0.1) is 4.90 Å². The van der Waals surface area contributed by atoms with Crippen molar-refractivity contribution < 1.29 is 27.8 Å². The quantitative estimate of drug-likeness (QED) is 0.453. The first-order valence-corrected chi connectivity index (χ1v) is 11.4. The third-order valence-electron chi connectivity index (χ3n) is 4.99. The molecule has 0 aromatic heterocycles. The smallest absolute Gasteiger partial charge is 0.361 e. The number of carboxylic acids is 1. The number of nitrogens with one attached hydrogen (secondary N) is 1. The van der Waals surface area contributed by atoms with Gasteiger partial charge in [-0.3, -0.25) is 0 Å². The Morgan fingerprint density at radius 3 is 2.68 bits per heavy atom. The summed E-state index contributed by atoms with van der Waals surface area (Å²) in [6, 6.07) is 11.4. The summed E-state index contributed by atoms with van der Waals surface area (Å²) in [5.41, 5.74) is 0.990. The second kappa shape index (κ2) is 7.53. The van der Waals surface area contributed by atoms with Gasteiger partial charge in [0.15, 0.2) is 11.5 Å². The lowest BCUT2D eigenvalue weighted by molar-refractivity contribution is -0.145. The second-order valence-electron chi connectivity index (χ2n) is 6.78. The van der Waals surface area contributed by atoms with Crippen molar-refractivity contribution in [2.45, 2.75) is 42.4 Å². The predicted octanol–water partition coefficient (Wildman–Crippen LogP) is 3.09. The standard InChI is InChI=1S/C19H18INO6S/c20-11-7-9-12(10-8-11)28(24,25)21-18(19(22)23)27-16-6-2-4-14-13-3-1-5-15(13)26-17(14)16/h2,4,6-10,13,15,18,21H,1,3,5H2,(H,22,23). The van der Waals surface area contributed by atoms with Crippen LogP contribution in [0.15, 0.2) is 47.4 Å². The molecule has 3 unspecified atom stereocenters. The van der Waals surface area contributed by atoms with E-state index in [1.807, 2.05) is 6.07 Å². The Bertz CT molecular complexity index is 1010. The van der Waals surface area contributed by atoms with E-state index in [-0.39, 0.29) is 22.7 Å². The van der Waals surface area contributed by atoms with Gasteiger partial charge < -0.3 is 14.6 Å². The molecule has 0 spiro atoms. The minimum absolute atomic E-state index is 0.0353. The summed E-state index contributed by atoms with van der Waals surface area (Å²) in [6.45, 7) is 0.